The molecule has 1 heterocycles. The quantitative estimate of drug-likeness (QED) is 0.265. The zero-order valence-electron chi connectivity index (χ0n) is 19.0. The van der Waals surface area contributed by atoms with Gasteiger partial charge in [-0.2, -0.15) is 5.10 Å². The Morgan fingerprint density at radius 2 is 1.74 bits per heavy atom. The summed E-state index contributed by atoms with van der Waals surface area (Å²) >= 11 is 18.0. The Labute approximate surface area is 218 Å². The second-order valence-electron chi connectivity index (χ2n) is 7.80. The highest BCUT2D eigenvalue weighted by Crippen LogP contribution is 2.25. The Hall–Kier alpha value is -3.19. The number of nitrogens with one attached hydrogen (secondary N) is 1. The highest BCUT2D eigenvalue weighted by Gasteiger charge is 2.14. The Bertz CT molecular complexity index is 1350. The topological polar surface area (TPSA) is 65.4 Å². The molecule has 6 nitrogen and oxygen atoms in total. The molecule has 3 aromatic carbocycles. The van der Waals surface area contributed by atoms with Crippen LogP contribution in [0.15, 0.2) is 66.7 Å². The number of ether oxygens (including phenoxy) is 2. The van der Waals surface area contributed by atoms with Crippen LogP contribution < -0.4 is 14.8 Å². The van der Waals surface area contributed by atoms with Gasteiger partial charge in [0.1, 0.15) is 18.1 Å². The van der Waals surface area contributed by atoms with E-state index in [1.165, 1.54) is 0 Å². The largest absolute Gasteiger partial charge is 0.496 e. The molecule has 1 amide bonds. The third-order valence-corrected chi connectivity index (χ3v) is 6.28. The van der Waals surface area contributed by atoms with Gasteiger partial charge in [-0.15, -0.1) is 0 Å². The molecule has 0 atom stereocenters. The molecule has 0 radical (unpaired) electrons. The first-order valence-electron chi connectivity index (χ1n) is 10.7. The Morgan fingerprint density at radius 1 is 0.971 bits per heavy atom. The number of amides is 1. The van der Waals surface area contributed by atoms with E-state index in [0.29, 0.717) is 44.5 Å². The molecular weight excluding hydrogens is 509 g/mol. The maximum absolute atomic E-state index is 12.9. The lowest BCUT2D eigenvalue weighted by atomic mass is 10.1. The summed E-state index contributed by atoms with van der Waals surface area (Å²) < 4.78 is 13.0. The second kappa shape index (κ2) is 11.0. The molecule has 35 heavy (non-hydrogen) atoms. The van der Waals surface area contributed by atoms with E-state index in [1.807, 2.05) is 19.1 Å². The first-order chi connectivity index (χ1) is 16.8. The molecule has 1 aromatic heterocycles. The van der Waals surface area contributed by atoms with Crippen molar-refractivity contribution in [3.63, 3.8) is 0 Å². The lowest BCUT2D eigenvalue weighted by molar-refractivity contribution is 0.102. The SMILES string of the molecule is COc1ccc(C(=O)Nc2cc(C)n(Cc3ccc(Cl)c(Cl)c3)n2)cc1COc1ccc(Cl)cc1. The summed E-state index contributed by atoms with van der Waals surface area (Å²) in [7, 11) is 1.57. The molecule has 0 aliphatic carbocycles. The molecule has 0 aliphatic heterocycles. The number of hydrogen-bond donors (Lipinski definition) is 1. The summed E-state index contributed by atoms with van der Waals surface area (Å²) in [6.45, 7) is 2.64. The molecule has 0 fully saturated rings. The number of carbonyl (C=O) groups is 1. The van der Waals surface area contributed by atoms with Crippen LogP contribution in [0.25, 0.3) is 0 Å². The molecule has 1 N–H and O–H groups in total. The van der Waals surface area contributed by atoms with E-state index in [1.54, 1.807) is 66.4 Å². The molecular formula is C26H22Cl3N3O3. The highest BCUT2D eigenvalue weighted by molar-refractivity contribution is 6.42. The van der Waals surface area contributed by atoms with Crippen molar-refractivity contribution in [3.05, 3.63) is 104 Å². The van der Waals surface area contributed by atoms with Crippen molar-refractivity contribution in [2.24, 2.45) is 0 Å². The summed E-state index contributed by atoms with van der Waals surface area (Å²) in [6, 6.07) is 19.5. The van der Waals surface area contributed by atoms with Gasteiger partial charge in [0.2, 0.25) is 0 Å². The van der Waals surface area contributed by atoms with Crippen LogP contribution in [-0.4, -0.2) is 22.8 Å². The molecule has 0 spiro atoms. The first kappa shape index (κ1) is 24.9. The highest BCUT2D eigenvalue weighted by atomic mass is 35.5. The number of methoxy groups -OCH3 is 1. The predicted molar refractivity (Wildman–Crippen MR) is 139 cm³/mol. The monoisotopic (exact) mass is 529 g/mol. The minimum Gasteiger partial charge on any atom is -0.496 e. The number of anilines is 1. The van der Waals surface area contributed by atoms with Crippen molar-refractivity contribution >= 4 is 46.5 Å². The van der Waals surface area contributed by atoms with E-state index in [4.69, 9.17) is 44.3 Å². The van der Waals surface area contributed by atoms with E-state index < -0.39 is 0 Å². The minimum atomic E-state index is -0.292. The van der Waals surface area contributed by atoms with Crippen molar-refractivity contribution in [2.45, 2.75) is 20.1 Å². The van der Waals surface area contributed by atoms with Crippen LogP contribution in [0.2, 0.25) is 15.1 Å². The maximum Gasteiger partial charge on any atom is 0.256 e. The van der Waals surface area contributed by atoms with E-state index >= 15 is 0 Å². The Balaban J connectivity index is 1.46. The average molecular weight is 531 g/mol. The van der Waals surface area contributed by atoms with Gasteiger partial charge >= 0.3 is 0 Å². The van der Waals surface area contributed by atoms with Gasteiger partial charge in [-0.3, -0.25) is 9.48 Å². The zero-order chi connectivity index (χ0) is 24.9. The first-order valence-corrected chi connectivity index (χ1v) is 11.8. The number of halogens is 3. The number of aromatic nitrogens is 2. The number of nitrogens with zero attached hydrogens (tertiary/aromatic N) is 2. The average Bonchev–Trinajstić information content (AvgIpc) is 3.19. The number of rotatable bonds is 8. The number of carbonyl (C=O) groups excluding carboxylic acids is 1. The lowest BCUT2D eigenvalue weighted by Crippen LogP contribution is -2.14. The van der Waals surface area contributed by atoms with Crippen LogP contribution in [0.5, 0.6) is 11.5 Å². The van der Waals surface area contributed by atoms with Gasteiger partial charge in [-0.25, -0.2) is 0 Å². The van der Waals surface area contributed by atoms with Crippen LogP contribution in [-0.2, 0) is 13.2 Å². The van der Waals surface area contributed by atoms with E-state index in [2.05, 4.69) is 10.4 Å². The number of aryl methyl sites for hydroxylation is 1. The molecule has 0 saturated heterocycles. The zero-order valence-corrected chi connectivity index (χ0v) is 21.3. The van der Waals surface area contributed by atoms with Crippen LogP contribution in [0, 0.1) is 6.92 Å². The fourth-order valence-corrected chi connectivity index (χ4v) is 3.90. The number of benzene rings is 3. The van der Waals surface area contributed by atoms with Crippen molar-refractivity contribution in [1.82, 2.24) is 9.78 Å². The van der Waals surface area contributed by atoms with Gasteiger partial charge < -0.3 is 14.8 Å². The summed E-state index contributed by atoms with van der Waals surface area (Å²) in [5.41, 5.74) is 3.02. The summed E-state index contributed by atoms with van der Waals surface area (Å²) in [5, 5.41) is 8.98. The summed E-state index contributed by atoms with van der Waals surface area (Å²) in [4.78, 5) is 12.9. The molecule has 0 saturated carbocycles. The number of hydrogen-bond acceptors (Lipinski definition) is 4. The minimum absolute atomic E-state index is 0.226. The van der Waals surface area contributed by atoms with Crippen LogP contribution in [0.4, 0.5) is 5.82 Å². The lowest BCUT2D eigenvalue weighted by Gasteiger charge is -2.12. The van der Waals surface area contributed by atoms with Gasteiger partial charge in [0.15, 0.2) is 5.82 Å². The normalized spacial score (nSPS) is 10.8. The summed E-state index contributed by atoms with van der Waals surface area (Å²) in [5.74, 6) is 1.44. The fourth-order valence-electron chi connectivity index (χ4n) is 3.46. The predicted octanol–water partition coefficient (Wildman–Crippen LogP) is 7.04. The van der Waals surface area contributed by atoms with E-state index in [-0.39, 0.29) is 12.5 Å². The van der Waals surface area contributed by atoms with Crippen molar-refractivity contribution < 1.29 is 14.3 Å². The van der Waals surface area contributed by atoms with Gasteiger partial charge in [0.05, 0.1) is 23.7 Å². The Morgan fingerprint density at radius 3 is 2.46 bits per heavy atom. The third-order valence-electron chi connectivity index (χ3n) is 5.29. The van der Waals surface area contributed by atoms with Gasteiger partial charge in [-0.05, 0) is 67.1 Å². The van der Waals surface area contributed by atoms with Gasteiger partial charge in [-0.1, -0.05) is 40.9 Å². The molecule has 4 rings (SSSR count). The smallest absolute Gasteiger partial charge is 0.256 e. The Kier molecular flexibility index (Phi) is 7.86. The fraction of sp³-hybridized carbons (Fsp3) is 0.154. The van der Waals surface area contributed by atoms with Gasteiger partial charge in [0.25, 0.3) is 5.91 Å². The van der Waals surface area contributed by atoms with Crippen molar-refractivity contribution in [3.8, 4) is 11.5 Å². The molecule has 180 valence electrons. The van der Waals surface area contributed by atoms with E-state index in [0.717, 1.165) is 16.8 Å². The van der Waals surface area contributed by atoms with Crippen molar-refractivity contribution in [1.29, 1.82) is 0 Å². The summed E-state index contributed by atoms with van der Waals surface area (Å²) in [6.07, 6.45) is 0. The van der Waals surface area contributed by atoms with Gasteiger partial charge in [0, 0.05) is 27.9 Å². The standard InChI is InChI=1S/C26H22Cl3N3O3/c1-16-11-25(31-32(16)14-17-3-9-22(28)23(29)12-17)30-26(33)18-4-10-24(34-2)19(13-18)15-35-21-7-5-20(27)6-8-21/h3-13H,14-15H2,1-2H3,(H,30,31,33). The molecule has 0 aliphatic rings. The third kappa shape index (κ3) is 6.28. The molecule has 0 bridgehead atoms. The van der Waals surface area contributed by atoms with Crippen LogP contribution in [0.3, 0.4) is 0 Å². The van der Waals surface area contributed by atoms with Crippen molar-refractivity contribution in [2.75, 3.05) is 12.4 Å². The second-order valence-corrected chi connectivity index (χ2v) is 9.05. The van der Waals surface area contributed by atoms with E-state index in [9.17, 15) is 4.79 Å². The maximum atomic E-state index is 12.9. The molecule has 9 heteroatoms. The van der Waals surface area contributed by atoms with Crippen LogP contribution in [0.1, 0.15) is 27.2 Å². The molecule has 0 unspecified atom stereocenters. The van der Waals surface area contributed by atoms with Crippen LogP contribution >= 0.6 is 34.8 Å². The molecule has 4 aromatic rings.